The van der Waals surface area contributed by atoms with Gasteiger partial charge in [-0.2, -0.15) is 0 Å². The Bertz CT molecular complexity index is 339. The monoisotopic (exact) mass is 284 g/mol. The molecule has 0 heterocycles. The zero-order chi connectivity index (χ0) is 15.6. The van der Waals surface area contributed by atoms with Crippen LogP contribution in [0.1, 0.15) is 40.0 Å². The number of nitrogens with one attached hydrogen (secondary N) is 1. The Morgan fingerprint density at radius 2 is 1.90 bits per heavy atom. The molecule has 118 valence electrons. The number of rotatable bonds is 8. The van der Waals surface area contributed by atoms with Gasteiger partial charge in [0.2, 0.25) is 5.91 Å². The van der Waals surface area contributed by atoms with Gasteiger partial charge in [0.1, 0.15) is 5.54 Å². The molecule has 1 atom stereocenters. The maximum absolute atomic E-state index is 11.8. The Morgan fingerprint density at radius 3 is 2.20 bits per heavy atom. The Kier molecular flexibility index (Phi) is 5.58. The predicted molar refractivity (Wildman–Crippen MR) is 83.6 cm³/mol. The molecule has 1 amide bonds. The van der Waals surface area contributed by atoms with E-state index in [0.29, 0.717) is 6.54 Å². The lowest BCUT2D eigenvalue weighted by Gasteiger charge is -2.50. The molecule has 1 fully saturated rings. The van der Waals surface area contributed by atoms with E-state index in [1.807, 2.05) is 20.8 Å². The Labute approximate surface area is 123 Å². The summed E-state index contributed by atoms with van der Waals surface area (Å²) in [5.74, 6) is -0.287. The van der Waals surface area contributed by atoms with Crippen molar-refractivity contribution in [1.29, 1.82) is 0 Å². The Hall–Kier alpha value is -0.650. The summed E-state index contributed by atoms with van der Waals surface area (Å²) in [6.45, 7) is 7.58. The molecule has 0 spiro atoms. The number of carbonyl (C=O) groups excluding carboxylic acids is 1. The molecule has 0 saturated heterocycles. The molecular weight excluding hydrogens is 252 g/mol. The normalized spacial score (nSPS) is 21.1. The van der Waals surface area contributed by atoms with E-state index in [2.05, 4.69) is 36.3 Å². The highest BCUT2D eigenvalue weighted by molar-refractivity contribution is 5.84. The van der Waals surface area contributed by atoms with Gasteiger partial charge in [0.15, 0.2) is 0 Å². The van der Waals surface area contributed by atoms with Crippen LogP contribution in [0.15, 0.2) is 0 Å². The molecule has 0 aromatic rings. The first-order valence-electron chi connectivity index (χ1n) is 7.55. The van der Waals surface area contributed by atoms with Gasteiger partial charge in [-0.1, -0.05) is 0 Å². The van der Waals surface area contributed by atoms with Crippen LogP contribution in [0.25, 0.3) is 0 Å². The van der Waals surface area contributed by atoms with E-state index in [1.165, 1.54) is 19.3 Å². The number of nitrogens with two attached hydrogens (primary N) is 1. The molecule has 1 unspecified atom stereocenters. The number of carbonyl (C=O) groups is 1. The molecule has 0 bridgehead atoms. The van der Waals surface area contributed by atoms with Crippen molar-refractivity contribution in [3.8, 4) is 0 Å². The van der Waals surface area contributed by atoms with Gasteiger partial charge in [-0.15, -0.1) is 0 Å². The van der Waals surface area contributed by atoms with Crippen LogP contribution < -0.4 is 11.1 Å². The molecule has 1 saturated carbocycles. The number of nitrogens with zero attached hydrogens (tertiary/aromatic N) is 2. The van der Waals surface area contributed by atoms with Crippen LogP contribution in [0, 0.1) is 0 Å². The van der Waals surface area contributed by atoms with Crippen molar-refractivity contribution in [3.05, 3.63) is 0 Å². The Balaban J connectivity index is 2.67. The standard InChI is InChI=1S/C15H32N4O/c1-12(2)17-14(3,13(16)20)10-19(6)11-15(18(4)5)8-7-9-15/h12,17H,7-11H2,1-6H3,(H2,16,20). The molecule has 1 aliphatic carbocycles. The van der Waals surface area contributed by atoms with Gasteiger partial charge in [0, 0.05) is 24.7 Å². The quantitative estimate of drug-likeness (QED) is 0.687. The van der Waals surface area contributed by atoms with Gasteiger partial charge < -0.3 is 20.9 Å². The molecule has 5 heteroatoms. The van der Waals surface area contributed by atoms with E-state index in [-0.39, 0.29) is 17.5 Å². The molecule has 0 aliphatic heterocycles. The van der Waals surface area contributed by atoms with Crippen molar-refractivity contribution in [2.75, 3.05) is 34.2 Å². The zero-order valence-electron chi connectivity index (χ0n) is 14.0. The molecule has 0 radical (unpaired) electrons. The number of likely N-dealkylation sites (N-methyl/N-ethyl adjacent to an activating group) is 2. The van der Waals surface area contributed by atoms with Gasteiger partial charge in [-0.05, 0) is 61.2 Å². The fourth-order valence-corrected chi connectivity index (χ4v) is 3.26. The van der Waals surface area contributed by atoms with E-state index >= 15 is 0 Å². The summed E-state index contributed by atoms with van der Waals surface area (Å²) in [7, 11) is 6.37. The average Bonchev–Trinajstić information content (AvgIpc) is 2.21. The smallest absolute Gasteiger partial charge is 0.238 e. The molecule has 3 N–H and O–H groups in total. The lowest BCUT2D eigenvalue weighted by molar-refractivity contribution is -0.125. The number of hydrogen-bond acceptors (Lipinski definition) is 4. The largest absolute Gasteiger partial charge is 0.368 e. The molecular formula is C15H32N4O. The van der Waals surface area contributed by atoms with Crippen LogP contribution in [0.2, 0.25) is 0 Å². The third-order valence-electron chi connectivity index (χ3n) is 4.53. The lowest BCUT2D eigenvalue weighted by atomic mass is 9.75. The van der Waals surface area contributed by atoms with Gasteiger partial charge >= 0.3 is 0 Å². The van der Waals surface area contributed by atoms with Gasteiger partial charge in [-0.25, -0.2) is 0 Å². The molecule has 1 aliphatic rings. The van der Waals surface area contributed by atoms with Crippen molar-refractivity contribution >= 4 is 5.91 Å². The van der Waals surface area contributed by atoms with Crippen LogP contribution in [-0.2, 0) is 4.79 Å². The summed E-state index contributed by atoms with van der Waals surface area (Å²) in [5, 5.41) is 3.31. The maximum atomic E-state index is 11.8. The van der Waals surface area contributed by atoms with Gasteiger partial charge in [-0.3, -0.25) is 4.79 Å². The van der Waals surface area contributed by atoms with Crippen LogP contribution in [0.5, 0.6) is 0 Å². The number of amides is 1. The highest BCUT2D eigenvalue weighted by atomic mass is 16.1. The second kappa shape index (κ2) is 6.41. The summed E-state index contributed by atoms with van der Waals surface area (Å²) in [5.41, 5.74) is 5.19. The second-order valence-corrected chi connectivity index (χ2v) is 7.14. The molecule has 20 heavy (non-hydrogen) atoms. The zero-order valence-corrected chi connectivity index (χ0v) is 14.0. The molecule has 5 nitrogen and oxygen atoms in total. The van der Waals surface area contributed by atoms with E-state index < -0.39 is 5.54 Å². The average molecular weight is 284 g/mol. The fourth-order valence-electron chi connectivity index (χ4n) is 3.26. The summed E-state index contributed by atoms with van der Waals surface area (Å²) >= 11 is 0. The SMILES string of the molecule is CC(C)NC(C)(CN(C)CC1(N(C)C)CCC1)C(N)=O. The van der Waals surface area contributed by atoms with Crippen LogP contribution in [-0.4, -0.2) is 67.1 Å². The first kappa shape index (κ1) is 17.4. The maximum Gasteiger partial charge on any atom is 0.238 e. The summed E-state index contributed by atoms with van der Waals surface area (Å²) in [6, 6.07) is 0.229. The first-order valence-corrected chi connectivity index (χ1v) is 7.55. The van der Waals surface area contributed by atoms with Crippen molar-refractivity contribution in [2.24, 2.45) is 5.73 Å². The summed E-state index contributed by atoms with van der Waals surface area (Å²) < 4.78 is 0. The topological polar surface area (TPSA) is 61.6 Å². The van der Waals surface area contributed by atoms with E-state index in [4.69, 9.17) is 5.73 Å². The van der Waals surface area contributed by atoms with Gasteiger partial charge in [0.25, 0.3) is 0 Å². The molecule has 0 aromatic carbocycles. The second-order valence-electron chi connectivity index (χ2n) is 7.14. The third-order valence-corrected chi connectivity index (χ3v) is 4.53. The number of primary amides is 1. The predicted octanol–water partition coefficient (Wildman–Crippen LogP) is 0.645. The first-order chi connectivity index (χ1) is 9.11. The van der Waals surface area contributed by atoms with Crippen LogP contribution >= 0.6 is 0 Å². The van der Waals surface area contributed by atoms with Crippen molar-refractivity contribution in [3.63, 3.8) is 0 Å². The fraction of sp³-hybridized carbons (Fsp3) is 0.933. The van der Waals surface area contributed by atoms with Crippen molar-refractivity contribution < 1.29 is 4.79 Å². The number of hydrogen-bond donors (Lipinski definition) is 2. The minimum absolute atomic E-state index is 0.229. The lowest BCUT2D eigenvalue weighted by Crippen LogP contribution is -2.63. The highest BCUT2D eigenvalue weighted by Crippen LogP contribution is 2.36. The van der Waals surface area contributed by atoms with Crippen molar-refractivity contribution in [2.45, 2.75) is 57.2 Å². The van der Waals surface area contributed by atoms with Crippen molar-refractivity contribution in [1.82, 2.24) is 15.1 Å². The van der Waals surface area contributed by atoms with Gasteiger partial charge in [0.05, 0.1) is 0 Å². The molecule has 1 rings (SSSR count). The minimum atomic E-state index is -0.680. The van der Waals surface area contributed by atoms with E-state index in [0.717, 1.165) is 6.54 Å². The van der Waals surface area contributed by atoms with Crippen LogP contribution in [0.3, 0.4) is 0 Å². The summed E-state index contributed by atoms with van der Waals surface area (Å²) in [4.78, 5) is 16.4. The molecule has 0 aromatic heterocycles. The van der Waals surface area contributed by atoms with E-state index in [1.54, 1.807) is 0 Å². The highest BCUT2D eigenvalue weighted by Gasteiger charge is 2.41. The van der Waals surface area contributed by atoms with Crippen LogP contribution in [0.4, 0.5) is 0 Å². The third kappa shape index (κ3) is 3.93. The Morgan fingerprint density at radius 1 is 1.35 bits per heavy atom. The van der Waals surface area contributed by atoms with E-state index in [9.17, 15) is 4.79 Å². The minimum Gasteiger partial charge on any atom is -0.368 e. The summed E-state index contributed by atoms with van der Waals surface area (Å²) in [6.07, 6.45) is 3.76.